The van der Waals surface area contributed by atoms with E-state index >= 15 is 0 Å². The van der Waals surface area contributed by atoms with Crippen molar-refractivity contribution in [3.05, 3.63) is 12.3 Å². The van der Waals surface area contributed by atoms with Gasteiger partial charge in [-0.3, -0.25) is 0 Å². The Kier molecular flexibility index (Phi) is 3.20. The van der Waals surface area contributed by atoms with Gasteiger partial charge in [0.15, 0.2) is 0 Å². The predicted octanol–water partition coefficient (Wildman–Crippen LogP) is 2.62. The minimum atomic E-state index is 0.164. The van der Waals surface area contributed by atoms with Gasteiger partial charge in [-0.15, -0.1) is 0 Å². The molecule has 2 heteroatoms. The fraction of sp³-hybridized carbons (Fsp3) is 0.846. The monoisotopic (exact) mass is 210 g/mol. The molecule has 1 heterocycles. The van der Waals surface area contributed by atoms with Gasteiger partial charge in [-0.25, -0.2) is 0 Å². The molecule has 0 saturated carbocycles. The average Bonchev–Trinajstić information content (AvgIpc) is 1.99. The molecular weight excluding hydrogens is 184 g/mol. The Morgan fingerprint density at radius 1 is 1.20 bits per heavy atom. The first-order valence-corrected chi connectivity index (χ1v) is 5.82. The molecule has 1 aliphatic heterocycles. The quantitative estimate of drug-likeness (QED) is 0.661. The van der Waals surface area contributed by atoms with Gasteiger partial charge >= 0.3 is 0 Å². The molecule has 1 atom stereocenters. The van der Waals surface area contributed by atoms with Crippen molar-refractivity contribution in [2.24, 2.45) is 5.41 Å². The van der Waals surface area contributed by atoms with Crippen LogP contribution >= 0.6 is 0 Å². The van der Waals surface area contributed by atoms with Crippen LogP contribution in [0.5, 0.6) is 0 Å². The normalized spacial score (nSPS) is 24.5. The van der Waals surface area contributed by atoms with Crippen LogP contribution in [0.1, 0.15) is 41.5 Å². The molecule has 0 aromatic carbocycles. The SMILES string of the molecule is C=C1CNCC(C(C)(C)C)N1C(C)(C)C. The van der Waals surface area contributed by atoms with Crippen molar-refractivity contribution in [3.63, 3.8) is 0 Å². The highest BCUT2D eigenvalue weighted by Gasteiger charge is 2.38. The summed E-state index contributed by atoms with van der Waals surface area (Å²) in [6.45, 7) is 19.9. The van der Waals surface area contributed by atoms with Gasteiger partial charge in [0.05, 0.1) is 0 Å². The summed E-state index contributed by atoms with van der Waals surface area (Å²) >= 11 is 0. The van der Waals surface area contributed by atoms with Gasteiger partial charge in [0.25, 0.3) is 0 Å². The van der Waals surface area contributed by atoms with Gasteiger partial charge in [0.2, 0.25) is 0 Å². The van der Waals surface area contributed by atoms with Gasteiger partial charge in [0, 0.05) is 30.4 Å². The number of hydrogen-bond acceptors (Lipinski definition) is 2. The summed E-state index contributed by atoms with van der Waals surface area (Å²) in [6, 6.07) is 0.527. The Hall–Kier alpha value is -0.500. The highest BCUT2D eigenvalue weighted by atomic mass is 15.3. The molecule has 88 valence electrons. The third-order valence-corrected chi connectivity index (χ3v) is 3.04. The standard InChI is InChI=1S/C13H26N2/c1-10-8-14-9-11(12(2,3)4)15(10)13(5,6)7/h11,14H,1,8-9H2,2-7H3. The van der Waals surface area contributed by atoms with E-state index in [1.54, 1.807) is 0 Å². The molecule has 0 radical (unpaired) electrons. The fourth-order valence-corrected chi connectivity index (χ4v) is 2.39. The van der Waals surface area contributed by atoms with Crippen molar-refractivity contribution >= 4 is 0 Å². The second kappa shape index (κ2) is 3.82. The molecule has 15 heavy (non-hydrogen) atoms. The van der Waals surface area contributed by atoms with Crippen LogP contribution in [0.2, 0.25) is 0 Å². The third-order valence-electron chi connectivity index (χ3n) is 3.04. The molecular formula is C13H26N2. The highest BCUT2D eigenvalue weighted by molar-refractivity contribution is 5.10. The van der Waals surface area contributed by atoms with Crippen LogP contribution in [0.15, 0.2) is 12.3 Å². The van der Waals surface area contributed by atoms with E-state index in [0.29, 0.717) is 6.04 Å². The van der Waals surface area contributed by atoms with E-state index in [0.717, 1.165) is 13.1 Å². The molecule has 0 spiro atoms. The van der Waals surface area contributed by atoms with Crippen LogP contribution in [0, 0.1) is 5.41 Å². The van der Waals surface area contributed by atoms with Crippen molar-refractivity contribution in [1.82, 2.24) is 10.2 Å². The fourth-order valence-electron chi connectivity index (χ4n) is 2.39. The lowest BCUT2D eigenvalue weighted by Crippen LogP contribution is -2.60. The number of hydrogen-bond donors (Lipinski definition) is 1. The molecule has 1 aliphatic rings. The van der Waals surface area contributed by atoms with Crippen LogP contribution in [0.25, 0.3) is 0 Å². The first kappa shape index (κ1) is 12.6. The Bertz CT molecular complexity index is 242. The number of rotatable bonds is 0. The summed E-state index contributed by atoms with van der Waals surface area (Å²) in [7, 11) is 0. The van der Waals surface area contributed by atoms with Gasteiger partial charge < -0.3 is 10.2 Å². The van der Waals surface area contributed by atoms with Crippen molar-refractivity contribution in [3.8, 4) is 0 Å². The highest BCUT2D eigenvalue weighted by Crippen LogP contribution is 2.33. The van der Waals surface area contributed by atoms with E-state index in [4.69, 9.17) is 0 Å². The zero-order valence-electron chi connectivity index (χ0n) is 11.1. The zero-order valence-corrected chi connectivity index (χ0v) is 11.1. The second-order valence-electron chi connectivity index (χ2n) is 6.62. The summed E-state index contributed by atoms with van der Waals surface area (Å²) in [5.41, 5.74) is 1.66. The minimum Gasteiger partial charge on any atom is -0.365 e. The number of nitrogens with one attached hydrogen (secondary N) is 1. The molecule has 1 saturated heterocycles. The van der Waals surface area contributed by atoms with Crippen LogP contribution < -0.4 is 5.32 Å². The largest absolute Gasteiger partial charge is 0.365 e. The first-order chi connectivity index (χ1) is 6.64. The van der Waals surface area contributed by atoms with Crippen LogP contribution in [0.4, 0.5) is 0 Å². The molecule has 0 aliphatic carbocycles. The Labute approximate surface area is 94.7 Å². The molecule has 1 fully saturated rings. The van der Waals surface area contributed by atoms with E-state index < -0.39 is 0 Å². The van der Waals surface area contributed by atoms with E-state index in [1.807, 2.05) is 0 Å². The number of nitrogens with zero attached hydrogens (tertiary/aromatic N) is 1. The van der Waals surface area contributed by atoms with E-state index in [9.17, 15) is 0 Å². The summed E-state index contributed by atoms with van der Waals surface area (Å²) in [5, 5.41) is 3.45. The van der Waals surface area contributed by atoms with Crippen molar-refractivity contribution in [2.75, 3.05) is 13.1 Å². The Morgan fingerprint density at radius 3 is 2.07 bits per heavy atom. The van der Waals surface area contributed by atoms with Crippen molar-refractivity contribution in [1.29, 1.82) is 0 Å². The lowest BCUT2D eigenvalue weighted by molar-refractivity contribution is 0.0386. The first-order valence-electron chi connectivity index (χ1n) is 5.82. The van der Waals surface area contributed by atoms with Crippen molar-refractivity contribution < 1.29 is 0 Å². The van der Waals surface area contributed by atoms with E-state index in [-0.39, 0.29) is 11.0 Å². The van der Waals surface area contributed by atoms with E-state index in [2.05, 4.69) is 58.3 Å². The topological polar surface area (TPSA) is 15.3 Å². The molecule has 0 amide bonds. The molecule has 1 N–H and O–H groups in total. The smallest absolute Gasteiger partial charge is 0.0465 e. The van der Waals surface area contributed by atoms with Crippen LogP contribution in [0.3, 0.4) is 0 Å². The molecule has 0 aromatic rings. The maximum atomic E-state index is 4.19. The summed E-state index contributed by atoms with van der Waals surface area (Å²) in [4.78, 5) is 2.49. The lowest BCUT2D eigenvalue weighted by atomic mass is 9.82. The molecule has 1 unspecified atom stereocenters. The third kappa shape index (κ3) is 2.75. The zero-order chi connectivity index (χ0) is 11.9. The summed E-state index contributed by atoms with van der Waals surface area (Å²) < 4.78 is 0. The maximum Gasteiger partial charge on any atom is 0.0465 e. The van der Waals surface area contributed by atoms with Gasteiger partial charge in [-0.1, -0.05) is 27.4 Å². The maximum absolute atomic E-state index is 4.19. The lowest BCUT2D eigenvalue weighted by Gasteiger charge is -2.52. The van der Waals surface area contributed by atoms with Crippen LogP contribution in [-0.4, -0.2) is 29.6 Å². The predicted molar refractivity (Wildman–Crippen MR) is 66.8 cm³/mol. The van der Waals surface area contributed by atoms with Gasteiger partial charge in [-0.05, 0) is 26.2 Å². The molecule has 1 rings (SSSR count). The molecule has 2 nitrogen and oxygen atoms in total. The van der Waals surface area contributed by atoms with Crippen molar-refractivity contribution in [2.45, 2.75) is 53.1 Å². The van der Waals surface area contributed by atoms with Crippen LogP contribution in [-0.2, 0) is 0 Å². The summed E-state index contributed by atoms with van der Waals surface area (Å²) in [6.07, 6.45) is 0. The average molecular weight is 210 g/mol. The minimum absolute atomic E-state index is 0.164. The van der Waals surface area contributed by atoms with Gasteiger partial charge in [0.1, 0.15) is 0 Å². The number of piperazine rings is 1. The van der Waals surface area contributed by atoms with Gasteiger partial charge in [-0.2, -0.15) is 0 Å². The Balaban J connectivity index is 2.98. The molecule has 0 bridgehead atoms. The Morgan fingerprint density at radius 2 is 1.73 bits per heavy atom. The molecule has 0 aromatic heterocycles. The van der Waals surface area contributed by atoms with E-state index in [1.165, 1.54) is 5.70 Å². The summed E-state index contributed by atoms with van der Waals surface area (Å²) in [5.74, 6) is 0. The second-order valence-corrected chi connectivity index (χ2v) is 6.62.